The summed E-state index contributed by atoms with van der Waals surface area (Å²) in [6, 6.07) is 5.80. The first-order chi connectivity index (χ1) is 7.81. The van der Waals surface area contributed by atoms with E-state index in [2.05, 4.69) is 0 Å². The molecule has 0 bridgehead atoms. The average Bonchev–Trinajstić information content (AvgIpc) is 2.97. The van der Waals surface area contributed by atoms with Gasteiger partial charge in [-0.2, -0.15) is 5.26 Å². The molecular formula is C12H12N2OS. The molecule has 0 aliphatic carbocycles. The molecule has 82 valence electrons. The van der Waals surface area contributed by atoms with Crippen LogP contribution in [0, 0.1) is 11.3 Å². The van der Waals surface area contributed by atoms with E-state index in [9.17, 15) is 4.79 Å². The molecule has 16 heavy (non-hydrogen) atoms. The van der Waals surface area contributed by atoms with E-state index in [1.54, 1.807) is 11.0 Å². The van der Waals surface area contributed by atoms with Gasteiger partial charge in [0.1, 0.15) is 11.6 Å². The van der Waals surface area contributed by atoms with Gasteiger partial charge in [-0.1, -0.05) is 6.07 Å². The first-order valence-corrected chi connectivity index (χ1v) is 6.14. The SMILES string of the molecule is N#CC(=Cc1cccs1)C(=O)N1CCCC1. The Kier molecular flexibility index (Phi) is 3.37. The number of hydrogen-bond donors (Lipinski definition) is 0. The number of thiophene rings is 1. The number of likely N-dealkylation sites (tertiary alicyclic amines) is 1. The van der Waals surface area contributed by atoms with Crippen LogP contribution < -0.4 is 0 Å². The molecule has 1 aromatic heterocycles. The number of nitriles is 1. The minimum absolute atomic E-state index is 0.131. The largest absolute Gasteiger partial charge is 0.338 e. The van der Waals surface area contributed by atoms with Gasteiger partial charge in [0.2, 0.25) is 0 Å². The molecule has 1 aromatic rings. The van der Waals surface area contributed by atoms with Gasteiger partial charge >= 0.3 is 0 Å². The number of amides is 1. The highest BCUT2D eigenvalue weighted by atomic mass is 32.1. The van der Waals surface area contributed by atoms with E-state index < -0.39 is 0 Å². The second-order valence-electron chi connectivity index (χ2n) is 3.68. The fourth-order valence-electron chi connectivity index (χ4n) is 1.75. The van der Waals surface area contributed by atoms with Crippen LogP contribution in [0.2, 0.25) is 0 Å². The molecule has 3 nitrogen and oxygen atoms in total. The Hall–Kier alpha value is -1.60. The van der Waals surface area contributed by atoms with Crippen LogP contribution in [-0.4, -0.2) is 23.9 Å². The summed E-state index contributed by atoms with van der Waals surface area (Å²) in [5.74, 6) is -0.131. The Balaban J connectivity index is 2.16. The summed E-state index contributed by atoms with van der Waals surface area (Å²) in [7, 11) is 0. The number of hydrogen-bond acceptors (Lipinski definition) is 3. The van der Waals surface area contributed by atoms with Crippen molar-refractivity contribution in [1.82, 2.24) is 4.90 Å². The zero-order valence-electron chi connectivity index (χ0n) is 8.85. The van der Waals surface area contributed by atoms with E-state index in [4.69, 9.17) is 5.26 Å². The molecule has 0 aromatic carbocycles. The van der Waals surface area contributed by atoms with Crippen molar-refractivity contribution < 1.29 is 4.79 Å². The van der Waals surface area contributed by atoms with Crippen molar-refractivity contribution in [3.05, 3.63) is 28.0 Å². The lowest BCUT2D eigenvalue weighted by atomic mass is 10.2. The van der Waals surface area contributed by atoms with Crippen LogP contribution in [0.5, 0.6) is 0 Å². The Bertz CT molecular complexity index is 436. The van der Waals surface area contributed by atoms with Crippen molar-refractivity contribution in [2.24, 2.45) is 0 Å². The summed E-state index contributed by atoms with van der Waals surface area (Å²) < 4.78 is 0. The number of carbonyl (C=O) groups excluding carboxylic acids is 1. The third-order valence-electron chi connectivity index (χ3n) is 2.57. The lowest BCUT2D eigenvalue weighted by Crippen LogP contribution is -2.28. The van der Waals surface area contributed by atoms with Gasteiger partial charge in [0.05, 0.1) is 0 Å². The zero-order chi connectivity index (χ0) is 11.4. The predicted molar refractivity (Wildman–Crippen MR) is 63.7 cm³/mol. The molecule has 1 aliphatic heterocycles. The summed E-state index contributed by atoms with van der Waals surface area (Å²) in [6.45, 7) is 1.56. The fourth-order valence-corrected chi connectivity index (χ4v) is 2.41. The van der Waals surface area contributed by atoms with Crippen LogP contribution in [-0.2, 0) is 4.79 Å². The quantitative estimate of drug-likeness (QED) is 0.580. The van der Waals surface area contributed by atoms with Crippen molar-refractivity contribution >= 4 is 23.3 Å². The molecule has 0 N–H and O–H groups in total. The monoisotopic (exact) mass is 232 g/mol. The van der Waals surface area contributed by atoms with Gasteiger partial charge < -0.3 is 4.90 Å². The summed E-state index contributed by atoms with van der Waals surface area (Å²) in [4.78, 5) is 14.6. The van der Waals surface area contributed by atoms with E-state index in [1.165, 1.54) is 11.3 Å². The van der Waals surface area contributed by atoms with E-state index >= 15 is 0 Å². The lowest BCUT2D eigenvalue weighted by molar-refractivity contribution is -0.125. The van der Waals surface area contributed by atoms with Gasteiger partial charge in [-0.3, -0.25) is 4.79 Å². The highest BCUT2D eigenvalue weighted by Crippen LogP contribution is 2.16. The van der Waals surface area contributed by atoms with E-state index in [0.29, 0.717) is 0 Å². The summed E-state index contributed by atoms with van der Waals surface area (Å²) in [6.07, 6.45) is 3.76. The molecule has 0 atom stereocenters. The van der Waals surface area contributed by atoms with Crippen LogP contribution in [0.4, 0.5) is 0 Å². The molecule has 0 spiro atoms. The first-order valence-electron chi connectivity index (χ1n) is 5.26. The summed E-state index contributed by atoms with van der Waals surface area (Å²) >= 11 is 1.53. The standard InChI is InChI=1S/C12H12N2OS/c13-9-10(8-11-4-3-7-16-11)12(15)14-5-1-2-6-14/h3-4,7-8H,1-2,5-6H2. The van der Waals surface area contributed by atoms with Crippen molar-refractivity contribution in [3.63, 3.8) is 0 Å². The molecule has 2 heterocycles. The van der Waals surface area contributed by atoms with Gasteiger partial charge in [-0.05, 0) is 30.4 Å². The van der Waals surface area contributed by atoms with Crippen molar-refractivity contribution in [1.29, 1.82) is 5.26 Å². The van der Waals surface area contributed by atoms with Gasteiger partial charge in [-0.25, -0.2) is 0 Å². The predicted octanol–water partition coefficient (Wildman–Crippen LogP) is 2.28. The minimum atomic E-state index is -0.131. The number of rotatable bonds is 2. The van der Waals surface area contributed by atoms with Crippen molar-refractivity contribution in [3.8, 4) is 6.07 Å². The Morgan fingerprint density at radius 1 is 1.50 bits per heavy atom. The maximum atomic E-state index is 11.9. The molecule has 0 unspecified atom stereocenters. The first kappa shape index (κ1) is 10.9. The molecule has 0 radical (unpaired) electrons. The highest BCUT2D eigenvalue weighted by Gasteiger charge is 2.21. The number of carbonyl (C=O) groups is 1. The van der Waals surface area contributed by atoms with E-state index in [1.807, 2.05) is 23.6 Å². The van der Waals surface area contributed by atoms with Crippen LogP contribution in [0.25, 0.3) is 6.08 Å². The van der Waals surface area contributed by atoms with Gasteiger partial charge in [-0.15, -0.1) is 11.3 Å². The Morgan fingerprint density at radius 3 is 2.81 bits per heavy atom. The van der Waals surface area contributed by atoms with Crippen molar-refractivity contribution in [2.75, 3.05) is 13.1 Å². The zero-order valence-corrected chi connectivity index (χ0v) is 9.67. The van der Waals surface area contributed by atoms with Crippen LogP contribution >= 0.6 is 11.3 Å². The van der Waals surface area contributed by atoms with Crippen LogP contribution in [0.15, 0.2) is 23.1 Å². The summed E-state index contributed by atoms with van der Waals surface area (Å²) in [5.41, 5.74) is 0.240. The van der Waals surface area contributed by atoms with E-state index in [0.717, 1.165) is 30.8 Å². The molecular weight excluding hydrogens is 220 g/mol. The van der Waals surface area contributed by atoms with E-state index in [-0.39, 0.29) is 11.5 Å². The maximum Gasteiger partial charge on any atom is 0.264 e. The maximum absolute atomic E-state index is 11.9. The van der Waals surface area contributed by atoms with Gasteiger partial charge in [0.25, 0.3) is 5.91 Å². The molecule has 1 fully saturated rings. The average molecular weight is 232 g/mol. The fraction of sp³-hybridized carbons (Fsp3) is 0.333. The van der Waals surface area contributed by atoms with Gasteiger partial charge in [0, 0.05) is 18.0 Å². The third kappa shape index (κ3) is 2.31. The van der Waals surface area contributed by atoms with Crippen LogP contribution in [0.3, 0.4) is 0 Å². The summed E-state index contributed by atoms with van der Waals surface area (Å²) in [5, 5.41) is 10.9. The normalized spacial score (nSPS) is 16.2. The lowest BCUT2D eigenvalue weighted by Gasteiger charge is -2.13. The molecule has 4 heteroatoms. The smallest absolute Gasteiger partial charge is 0.264 e. The molecule has 1 saturated heterocycles. The second-order valence-corrected chi connectivity index (χ2v) is 4.66. The van der Waals surface area contributed by atoms with Gasteiger partial charge in [0.15, 0.2) is 0 Å². The van der Waals surface area contributed by atoms with Crippen LogP contribution in [0.1, 0.15) is 17.7 Å². The minimum Gasteiger partial charge on any atom is -0.338 e. The second kappa shape index (κ2) is 4.95. The number of nitrogens with zero attached hydrogens (tertiary/aromatic N) is 2. The molecule has 2 rings (SSSR count). The highest BCUT2D eigenvalue weighted by molar-refractivity contribution is 7.10. The topological polar surface area (TPSA) is 44.1 Å². The molecule has 0 saturated carbocycles. The molecule has 1 aliphatic rings. The Labute approximate surface area is 98.6 Å². The van der Waals surface area contributed by atoms with Crippen molar-refractivity contribution in [2.45, 2.75) is 12.8 Å². The Morgan fingerprint density at radius 2 is 2.25 bits per heavy atom. The third-order valence-corrected chi connectivity index (χ3v) is 3.39. The molecule has 1 amide bonds.